The van der Waals surface area contributed by atoms with Crippen molar-refractivity contribution >= 4 is 11.0 Å². The largest absolute Gasteiger partial charge is 0.507 e. The molecule has 0 spiro atoms. The molecule has 13 unspecified atom stereocenters. The second kappa shape index (κ2) is 13.7. The van der Waals surface area contributed by atoms with Crippen molar-refractivity contribution in [3.63, 3.8) is 0 Å². The van der Waals surface area contributed by atoms with E-state index in [1.807, 2.05) is 0 Å². The smallest absolute Gasteiger partial charge is 0.229 e. The van der Waals surface area contributed by atoms with E-state index in [2.05, 4.69) is 0 Å². The van der Waals surface area contributed by atoms with Gasteiger partial charge < -0.3 is 84.6 Å². The minimum absolute atomic E-state index is 0.141. The summed E-state index contributed by atoms with van der Waals surface area (Å²) in [5.74, 6) is -1.94. The van der Waals surface area contributed by atoms with Crippen molar-refractivity contribution in [3.8, 4) is 28.6 Å². The van der Waals surface area contributed by atoms with Crippen LogP contribution in [0.1, 0.15) is 23.3 Å². The first-order chi connectivity index (χ1) is 23.3. The molecule has 3 aliphatic heterocycles. The third-order valence-corrected chi connectivity index (χ3v) is 9.09. The summed E-state index contributed by atoms with van der Waals surface area (Å²) < 4.78 is 28.1. The number of benzene rings is 2. The molecule has 3 fully saturated rings. The van der Waals surface area contributed by atoms with Gasteiger partial charge in [0.2, 0.25) is 6.29 Å². The molecule has 6 rings (SSSR count). The molecular weight excluding hydrogens is 660 g/mol. The number of aliphatic hydroxyl groups excluding tert-OH is 10. The van der Waals surface area contributed by atoms with Gasteiger partial charge in [-0.25, -0.2) is 0 Å². The molecule has 0 radical (unpaired) electrons. The topological polar surface area (TPSA) is 310 Å². The summed E-state index contributed by atoms with van der Waals surface area (Å²) in [6, 6.07) is 6.60. The Morgan fingerprint density at radius 2 is 1.12 bits per heavy atom. The van der Waals surface area contributed by atoms with Gasteiger partial charge in [0.1, 0.15) is 102 Å². The maximum absolute atomic E-state index is 13.7. The Labute approximate surface area is 275 Å². The van der Waals surface area contributed by atoms with E-state index in [1.54, 1.807) is 0 Å². The number of aromatic hydroxyl groups is 2. The first-order valence-corrected chi connectivity index (χ1v) is 15.2. The molecule has 18 nitrogen and oxygen atoms in total. The first-order valence-electron chi connectivity index (χ1n) is 15.2. The van der Waals surface area contributed by atoms with Crippen LogP contribution >= 0.6 is 0 Å². The van der Waals surface area contributed by atoms with Gasteiger partial charge in [-0.2, -0.15) is 0 Å². The van der Waals surface area contributed by atoms with Gasteiger partial charge in [0.25, 0.3) is 0 Å². The second-order valence-corrected chi connectivity index (χ2v) is 12.1. The fraction of sp³-hybridized carbons (Fsp3) is 0.516. The Balaban J connectivity index is 1.47. The molecule has 18 heteroatoms. The number of fused-ring (bicyclic) bond motifs is 1. The molecule has 13 atom stereocenters. The molecule has 2 aromatic carbocycles. The van der Waals surface area contributed by atoms with E-state index >= 15 is 0 Å². The van der Waals surface area contributed by atoms with Crippen LogP contribution in [0.4, 0.5) is 0 Å². The van der Waals surface area contributed by atoms with Crippen LogP contribution in [0.15, 0.2) is 39.5 Å². The molecular formula is C31H36O18. The molecule has 0 bridgehead atoms. The molecule has 12 N–H and O–H groups in total. The van der Waals surface area contributed by atoms with Crippen molar-refractivity contribution in [2.45, 2.75) is 79.5 Å². The van der Waals surface area contributed by atoms with E-state index in [9.17, 15) is 66.1 Å². The van der Waals surface area contributed by atoms with Crippen molar-refractivity contribution in [1.82, 2.24) is 0 Å². The normalized spacial score (nSPS) is 36.4. The summed E-state index contributed by atoms with van der Waals surface area (Å²) in [5, 5.41) is 124. The molecule has 4 heterocycles. The van der Waals surface area contributed by atoms with Crippen LogP contribution < -0.4 is 10.2 Å². The monoisotopic (exact) mass is 696 g/mol. The van der Waals surface area contributed by atoms with Gasteiger partial charge in [0.05, 0.1) is 30.9 Å². The van der Waals surface area contributed by atoms with Gasteiger partial charge >= 0.3 is 0 Å². The summed E-state index contributed by atoms with van der Waals surface area (Å²) >= 11 is 0. The highest BCUT2D eigenvalue weighted by Crippen LogP contribution is 2.51. The van der Waals surface area contributed by atoms with Gasteiger partial charge in [0.15, 0.2) is 11.0 Å². The van der Waals surface area contributed by atoms with Crippen molar-refractivity contribution in [2.75, 3.05) is 19.8 Å². The number of hydrogen-bond donors (Lipinski definition) is 12. The molecule has 49 heavy (non-hydrogen) atoms. The lowest BCUT2D eigenvalue weighted by Crippen LogP contribution is -2.55. The molecule has 3 aromatic rings. The Hall–Kier alpha value is -3.47. The highest BCUT2D eigenvalue weighted by molar-refractivity contribution is 5.92. The fourth-order valence-electron chi connectivity index (χ4n) is 6.36. The molecule has 3 aliphatic rings. The van der Waals surface area contributed by atoms with Crippen LogP contribution in [0.25, 0.3) is 22.3 Å². The minimum Gasteiger partial charge on any atom is -0.507 e. The van der Waals surface area contributed by atoms with E-state index in [4.69, 9.17) is 23.4 Å². The summed E-state index contributed by atoms with van der Waals surface area (Å²) in [5.41, 5.74) is -2.46. The highest BCUT2D eigenvalue weighted by Gasteiger charge is 2.50. The maximum atomic E-state index is 13.7. The predicted octanol–water partition coefficient (Wildman–Crippen LogP) is -3.64. The second-order valence-electron chi connectivity index (χ2n) is 12.1. The quantitative estimate of drug-likeness (QED) is 0.108. The lowest BCUT2D eigenvalue weighted by atomic mass is 9.87. The summed E-state index contributed by atoms with van der Waals surface area (Å²) in [6.07, 6.45) is -20.9. The Morgan fingerprint density at radius 3 is 1.67 bits per heavy atom. The van der Waals surface area contributed by atoms with Gasteiger partial charge in [-0.05, 0) is 24.3 Å². The Bertz CT molecular complexity index is 1710. The lowest BCUT2D eigenvalue weighted by Gasteiger charge is -2.40. The van der Waals surface area contributed by atoms with E-state index in [-0.39, 0.29) is 17.1 Å². The molecule has 0 amide bonds. The zero-order valence-corrected chi connectivity index (χ0v) is 25.3. The fourth-order valence-corrected chi connectivity index (χ4v) is 6.36. The van der Waals surface area contributed by atoms with E-state index < -0.39 is 138 Å². The van der Waals surface area contributed by atoms with Crippen LogP contribution in [-0.2, 0) is 14.2 Å². The van der Waals surface area contributed by atoms with E-state index in [0.29, 0.717) is 0 Å². The van der Waals surface area contributed by atoms with Crippen LogP contribution in [-0.4, -0.2) is 148 Å². The standard InChI is InChI=1S/C31H36O18/c32-6-13-19(36)24(41)26(43)30(48-13)18-23(40)17(29-25(42)20(37)14(7-33)47-29)22(39)16-11(35)5-12(46-28(16)18)9-1-3-10(4-2-9)45-31-27(44)21(38)15(8-34)49-31/h1-5,13-15,19-21,24-27,29-34,36-44H,6-8H2. The van der Waals surface area contributed by atoms with Gasteiger partial charge in [-0.3, -0.25) is 4.79 Å². The maximum Gasteiger partial charge on any atom is 0.229 e. The van der Waals surface area contributed by atoms with Gasteiger partial charge in [0, 0.05) is 11.6 Å². The number of aliphatic hydroxyl groups is 10. The van der Waals surface area contributed by atoms with E-state index in [0.717, 1.165) is 6.07 Å². The van der Waals surface area contributed by atoms with Crippen molar-refractivity contribution in [2.24, 2.45) is 0 Å². The van der Waals surface area contributed by atoms with Crippen molar-refractivity contribution < 1.29 is 84.6 Å². The highest BCUT2D eigenvalue weighted by atomic mass is 16.7. The molecule has 3 saturated heterocycles. The molecule has 0 aliphatic carbocycles. The predicted molar refractivity (Wildman–Crippen MR) is 159 cm³/mol. The Kier molecular flexibility index (Phi) is 9.87. The lowest BCUT2D eigenvalue weighted by molar-refractivity contribution is -0.231. The summed E-state index contributed by atoms with van der Waals surface area (Å²) in [6.45, 7) is -2.18. The van der Waals surface area contributed by atoms with Gasteiger partial charge in [-0.15, -0.1) is 0 Å². The van der Waals surface area contributed by atoms with E-state index in [1.165, 1.54) is 24.3 Å². The zero-order valence-electron chi connectivity index (χ0n) is 25.3. The summed E-state index contributed by atoms with van der Waals surface area (Å²) in [4.78, 5) is 13.7. The third-order valence-electron chi connectivity index (χ3n) is 9.09. The minimum atomic E-state index is -2.02. The van der Waals surface area contributed by atoms with Crippen LogP contribution in [0.2, 0.25) is 0 Å². The zero-order chi connectivity index (χ0) is 35.5. The van der Waals surface area contributed by atoms with Gasteiger partial charge in [-0.1, -0.05) is 0 Å². The van der Waals surface area contributed by atoms with Crippen molar-refractivity contribution in [1.29, 1.82) is 0 Å². The number of rotatable bonds is 8. The molecule has 1 aromatic heterocycles. The molecule has 268 valence electrons. The van der Waals surface area contributed by atoms with Crippen LogP contribution in [0.3, 0.4) is 0 Å². The van der Waals surface area contributed by atoms with Crippen LogP contribution in [0, 0.1) is 0 Å². The number of phenolic OH excluding ortho intramolecular Hbond substituents is 2. The number of hydrogen-bond acceptors (Lipinski definition) is 18. The number of phenols is 2. The third kappa shape index (κ3) is 5.93. The average Bonchev–Trinajstić information content (AvgIpc) is 3.53. The number of ether oxygens (including phenoxy) is 4. The SMILES string of the molecule is O=c1cc(-c2ccc(OC3OC(CO)C(O)C3O)cc2)oc2c(C3OC(CO)C(O)C(O)C3O)c(O)c(C3OC(CO)C(O)C3O)c(O)c12. The van der Waals surface area contributed by atoms with Crippen molar-refractivity contribution in [3.05, 3.63) is 51.7 Å². The first kappa shape index (κ1) is 35.4. The Morgan fingerprint density at radius 1 is 0.612 bits per heavy atom. The summed E-state index contributed by atoms with van der Waals surface area (Å²) in [7, 11) is 0. The molecule has 0 saturated carbocycles. The van der Waals surface area contributed by atoms with Crippen LogP contribution in [0.5, 0.6) is 17.2 Å². The average molecular weight is 697 g/mol.